The van der Waals surface area contributed by atoms with E-state index in [1.807, 2.05) is 42.5 Å². The zero-order valence-electron chi connectivity index (χ0n) is 20.6. The number of ether oxygens (including phenoxy) is 4. The maximum Gasteiger partial charge on any atom is 0.251 e. The third-order valence-electron chi connectivity index (χ3n) is 6.58. The van der Waals surface area contributed by atoms with Crippen LogP contribution in [0.25, 0.3) is 0 Å². The van der Waals surface area contributed by atoms with E-state index < -0.39 is 0 Å². The smallest absolute Gasteiger partial charge is 0.251 e. The van der Waals surface area contributed by atoms with Gasteiger partial charge in [-0.05, 0) is 54.3 Å². The molecule has 0 bridgehead atoms. The van der Waals surface area contributed by atoms with Crippen molar-refractivity contribution in [3.63, 3.8) is 0 Å². The Labute approximate surface area is 207 Å². The first kappa shape index (κ1) is 24.5. The van der Waals surface area contributed by atoms with E-state index in [9.17, 15) is 4.79 Å². The number of carbonyl (C=O) groups excluding carboxylic acids is 1. The highest BCUT2D eigenvalue weighted by molar-refractivity contribution is 5.95. The summed E-state index contributed by atoms with van der Waals surface area (Å²) in [7, 11) is 4.87. The maximum absolute atomic E-state index is 13.3. The Morgan fingerprint density at radius 2 is 1.49 bits per heavy atom. The molecule has 0 aromatic heterocycles. The summed E-state index contributed by atoms with van der Waals surface area (Å²) in [4.78, 5) is 13.3. The quantitative estimate of drug-likeness (QED) is 0.427. The van der Waals surface area contributed by atoms with Crippen molar-refractivity contribution in [3.8, 4) is 23.0 Å². The molecule has 1 fully saturated rings. The van der Waals surface area contributed by atoms with Gasteiger partial charge in [0.25, 0.3) is 5.91 Å². The zero-order chi connectivity index (χ0) is 24.6. The molecule has 3 aromatic carbocycles. The van der Waals surface area contributed by atoms with Crippen LogP contribution < -0.4 is 24.3 Å². The minimum Gasteiger partial charge on any atom is -0.493 e. The van der Waals surface area contributed by atoms with E-state index in [-0.39, 0.29) is 17.9 Å². The van der Waals surface area contributed by atoms with Crippen LogP contribution in [0.5, 0.6) is 23.0 Å². The molecule has 1 saturated carbocycles. The first-order valence-corrected chi connectivity index (χ1v) is 12.0. The average Bonchev–Trinajstić information content (AvgIpc) is 2.92. The Bertz CT molecular complexity index is 1130. The minimum atomic E-state index is -0.116. The van der Waals surface area contributed by atoms with Crippen molar-refractivity contribution in [2.45, 2.75) is 44.2 Å². The van der Waals surface area contributed by atoms with Gasteiger partial charge in [0.05, 0.1) is 21.3 Å². The van der Waals surface area contributed by atoms with Gasteiger partial charge in [0.15, 0.2) is 23.0 Å². The fourth-order valence-electron chi connectivity index (χ4n) is 4.70. The molecule has 0 spiro atoms. The highest BCUT2D eigenvalue weighted by Gasteiger charge is 2.29. The van der Waals surface area contributed by atoms with E-state index in [1.165, 1.54) is 0 Å². The second-order valence-corrected chi connectivity index (χ2v) is 8.73. The minimum absolute atomic E-state index is 0.0325. The molecule has 0 unspecified atom stereocenters. The lowest BCUT2D eigenvalue weighted by atomic mass is 9.79. The van der Waals surface area contributed by atoms with Gasteiger partial charge in [0, 0.05) is 17.5 Å². The lowest BCUT2D eigenvalue weighted by Crippen LogP contribution is -2.41. The molecule has 6 heteroatoms. The van der Waals surface area contributed by atoms with E-state index in [4.69, 9.17) is 18.9 Å². The van der Waals surface area contributed by atoms with Gasteiger partial charge < -0.3 is 24.3 Å². The van der Waals surface area contributed by atoms with Gasteiger partial charge in [-0.3, -0.25) is 4.79 Å². The van der Waals surface area contributed by atoms with Crippen molar-refractivity contribution in [2.75, 3.05) is 21.3 Å². The summed E-state index contributed by atoms with van der Waals surface area (Å²) >= 11 is 0. The highest BCUT2D eigenvalue weighted by atomic mass is 16.5. The van der Waals surface area contributed by atoms with Crippen molar-refractivity contribution in [2.24, 2.45) is 0 Å². The van der Waals surface area contributed by atoms with Gasteiger partial charge in [0.2, 0.25) is 0 Å². The Morgan fingerprint density at radius 1 is 0.800 bits per heavy atom. The average molecular weight is 476 g/mol. The molecule has 4 rings (SSSR count). The van der Waals surface area contributed by atoms with Gasteiger partial charge in [-0.1, -0.05) is 49.2 Å². The van der Waals surface area contributed by atoms with Crippen LogP contribution in [0, 0.1) is 0 Å². The van der Waals surface area contributed by atoms with Crippen LogP contribution in [0.15, 0.2) is 66.7 Å². The number of hydrogen-bond donors (Lipinski definition) is 1. The van der Waals surface area contributed by atoms with Crippen molar-refractivity contribution >= 4 is 5.91 Å². The van der Waals surface area contributed by atoms with E-state index >= 15 is 0 Å². The Kier molecular flexibility index (Phi) is 8.14. The summed E-state index contributed by atoms with van der Waals surface area (Å²) in [6, 6.07) is 21.3. The molecule has 1 amide bonds. The number of carbonyl (C=O) groups is 1. The molecule has 6 nitrogen and oxygen atoms in total. The molecule has 2 atom stereocenters. The van der Waals surface area contributed by atoms with Crippen molar-refractivity contribution < 1.29 is 23.7 Å². The highest BCUT2D eigenvalue weighted by Crippen LogP contribution is 2.38. The Balaban J connectivity index is 1.50. The molecular weight excluding hydrogens is 442 g/mol. The van der Waals surface area contributed by atoms with E-state index in [0.717, 1.165) is 36.8 Å². The molecule has 1 aliphatic rings. The second-order valence-electron chi connectivity index (χ2n) is 8.73. The first-order valence-electron chi connectivity index (χ1n) is 12.0. The second kappa shape index (κ2) is 11.6. The standard InChI is InChI=1S/C29H33NO5/c1-32-25-15-13-21(17-27(25)34-3)23-11-7-8-12-24(23)30-29(31)22-14-16-26(33-2)28(18-22)35-19-20-9-5-4-6-10-20/h4-6,9-10,13-18,23-24H,7-8,11-12,19H2,1-3H3,(H,30,31)/t23-,24-/m1/s1. The van der Waals surface area contributed by atoms with Crippen LogP contribution >= 0.6 is 0 Å². The van der Waals surface area contributed by atoms with Crippen LogP contribution in [0.4, 0.5) is 0 Å². The topological polar surface area (TPSA) is 66.0 Å². The first-order chi connectivity index (χ1) is 17.1. The summed E-state index contributed by atoms with van der Waals surface area (Å²) in [6.45, 7) is 0.395. The van der Waals surface area contributed by atoms with E-state index in [0.29, 0.717) is 35.2 Å². The van der Waals surface area contributed by atoms with E-state index in [1.54, 1.807) is 39.5 Å². The molecule has 1 aliphatic carbocycles. The molecule has 0 saturated heterocycles. The number of rotatable bonds is 9. The predicted octanol–water partition coefficient (Wildman–Crippen LogP) is 5.75. The summed E-state index contributed by atoms with van der Waals surface area (Å²) < 4.78 is 22.4. The Morgan fingerprint density at radius 3 is 2.23 bits per heavy atom. The zero-order valence-corrected chi connectivity index (χ0v) is 20.6. The molecule has 184 valence electrons. The third-order valence-corrected chi connectivity index (χ3v) is 6.58. The summed E-state index contributed by atoms with van der Waals surface area (Å²) in [5.74, 6) is 2.64. The molecule has 0 radical (unpaired) electrons. The molecule has 0 heterocycles. The van der Waals surface area contributed by atoms with Gasteiger partial charge >= 0.3 is 0 Å². The molecule has 35 heavy (non-hydrogen) atoms. The molecule has 1 N–H and O–H groups in total. The summed E-state index contributed by atoms with van der Waals surface area (Å²) in [5, 5.41) is 3.28. The van der Waals surface area contributed by atoms with Crippen molar-refractivity contribution in [3.05, 3.63) is 83.4 Å². The fraction of sp³-hybridized carbons (Fsp3) is 0.345. The lowest BCUT2D eigenvalue weighted by Gasteiger charge is -2.33. The van der Waals surface area contributed by atoms with Crippen LogP contribution in [-0.2, 0) is 6.61 Å². The lowest BCUT2D eigenvalue weighted by molar-refractivity contribution is 0.0920. The SMILES string of the molecule is COc1ccc([C@H]2CCCC[C@H]2NC(=O)c2ccc(OC)c(OCc3ccccc3)c2)cc1OC. The number of benzene rings is 3. The van der Waals surface area contributed by atoms with Crippen molar-refractivity contribution in [1.29, 1.82) is 0 Å². The number of hydrogen-bond acceptors (Lipinski definition) is 5. The van der Waals surface area contributed by atoms with Crippen LogP contribution in [0.3, 0.4) is 0 Å². The molecule has 0 aliphatic heterocycles. The molecular formula is C29H33NO5. The summed E-state index contributed by atoms with van der Waals surface area (Å²) in [6.07, 6.45) is 4.15. The van der Waals surface area contributed by atoms with E-state index in [2.05, 4.69) is 11.4 Å². The van der Waals surface area contributed by atoms with Gasteiger partial charge in [-0.2, -0.15) is 0 Å². The van der Waals surface area contributed by atoms with Crippen LogP contribution in [0.2, 0.25) is 0 Å². The van der Waals surface area contributed by atoms with Gasteiger partial charge in [0.1, 0.15) is 6.61 Å². The van der Waals surface area contributed by atoms with Crippen LogP contribution in [0.1, 0.15) is 53.1 Å². The normalized spacial score (nSPS) is 17.3. The Hall–Kier alpha value is -3.67. The van der Waals surface area contributed by atoms with Gasteiger partial charge in [-0.25, -0.2) is 0 Å². The monoisotopic (exact) mass is 475 g/mol. The largest absolute Gasteiger partial charge is 0.493 e. The number of nitrogens with one attached hydrogen (secondary N) is 1. The maximum atomic E-state index is 13.3. The van der Waals surface area contributed by atoms with Crippen molar-refractivity contribution in [1.82, 2.24) is 5.32 Å². The predicted molar refractivity (Wildman–Crippen MR) is 136 cm³/mol. The number of methoxy groups -OCH3 is 3. The number of amides is 1. The summed E-state index contributed by atoms with van der Waals surface area (Å²) in [5.41, 5.74) is 2.74. The fourth-order valence-corrected chi connectivity index (χ4v) is 4.70. The third kappa shape index (κ3) is 5.88. The van der Waals surface area contributed by atoms with Gasteiger partial charge in [-0.15, -0.1) is 0 Å². The molecule has 3 aromatic rings. The van der Waals surface area contributed by atoms with Crippen LogP contribution in [-0.4, -0.2) is 33.3 Å².